The summed E-state index contributed by atoms with van der Waals surface area (Å²) in [6, 6.07) is 17.3. The van der Waals surface area contributed by atoms with Crippen molar-refractivity contribution < 1.29 is 13.9 Å². The molecule has 1 fully saturated rings. The number of para-hydroxylation sites is 2. The van der Waals surface area contributed by atoms with Crippen LogP contribution in [0.1, 0.15) is 35.9 Å². The average molecular weight is 378 g/mol. The van der Waals surface area contributed by atoms with Gasteiger partial charge in [-0.05, 0) is 49.5 Å². The normalized spacial score (nSPS) is 16.0. The number of furan rings is 1. The van der Waals surface area contributed by atoms with Crippen LogP contribution in [-0.4, -0.2) is 25.5 Å². The fraction of sp³-hybridized carbons (Fsp3) is 0.348. The zero-order chi connectivity index (χ0) is 19.4. The van der Waals surface area contributed by atoms with Crippen molar-refractivity contribution in [3.05, 3.63) is 65.9 Å². The molecule has 5 nitrogen and oxygen atoms in total. The average Bonchev–Trinajstić information content (AvgIpc) is 3.11. The van der Waals surface area contributed by atoms with Gasteiger partial charge < -0.3 is 19.8 Å². The van der Waals surface area contributed by atoms with E-state index in [0.717, 1.165) is 42.6 Å². The molecule has 0 bridgehead atoms. The molecule has 0 unspecified atom stereocenters. The van der Waals surface area contributed by atoms with Gasteiger partial charge in [-0.2, -0.15) is 0 Å². The fourth-order valence-corrected chi connectivity index (χ4v) is 3.68. The third-order valence-corrected chi connectivity index (χ3v) is 5.52. The Bertz CT molecular complexity index is 943. The lowest BCUT2D eigenvalue weighted by Gasteiger charge is -2.34. The first-order valence-electron chi connectivity index (χ1n) is 9.82. The Morgan fingerprint density at radius 1 is 1.11 bits per heavy atom. The van der Waals surface area contributed by atoms with E-state index in [1.807, 2.05) is 54.6 Å². The molecular weight excluding hydrogens is 352 g/mol. The second-order valence-electron chi connectivity index (χ2n) is 7.75. The summed E-state index contributed by atoms with van der Waals surface area (Å²) in [5.74, 6) is 0.929. The minimum Gasteiger partial charge on any atom is -0.489 e. The van der Waals surface area contributed by atoms with Crippen molar-refractivity contribution in [1.82, 2.24) is 10.6 Å². The van der Waals surface area contributed by atoms with Crippen molar-refractivity contribution in [2.24, 2.45) is 5.41 Å². The van der Waals surface area contributed by atoms with Gasteiger partial charge >= 0.3 is 0 Å². The highest BCUT2D eigenvalue weighted by atomic mass is 16.5. The van der Waals surface area contributed by atoms with Gasteiger partial charge in [0.25, 0.3) is 5.91 Å². The Balaban J connectivity index is 1.54. The summed E-state index contributed by atoms with van der Waals surface area (Å²) in [4.78, 5) is 13.0. The topological polar surface area (TPSA) is 63.5 Å². The lowest BCUT2D eigenvalue weighted by Crippen LogP contribution is -2.43. The Morgan fingerprint density at radius 2 is 1.82 bits per heavy atom. The Hall–Kier alpha value is -2.79. The molecule has 5 heteroatoms. The van der Waals surface area contributed by atoms with E-state index in [1.54, 1.807) is 0 Å². The number of ether oxygens (including phenoxy) is 1. The van der Waals surface area contributed by atoms with Crippen LogP contribution >= 0.6 is 0 Å². The first-order chi connectivity index (χ1) is 13.6. The van der Waals surface area contributed by atoms with E-state index in [2.05, 4.69) is 17.6 Å². The van der Waals surface area contributed by atoms with E-state index in [0.29, 0.717) is 17.9 Å². The highest BCUT2D eigenvalue weighted by Crippen LogP contribution is 2.29. The zero-order valence-corrected chi connectivity index (χ0v) is 16.2. The van der Waals surface area contributed by atoms with Crippen LogP contribution in [0.3, 0.4) is 0 Å². The second kappa shape index (κ2) is 8.07. The summed E-state index contributed by atoms with van der Waals surface area (Å²) >= 11 is 0. The summed E-state index contributed by atoms with van der Waals surface area (Å²) in [6.45, 7) is 5.14. The molecule has 0 radical (unpaired) electrons. The van der Waals surface area contributed by atoms with Gasteiger partial charge in [-0.1, -0.05) is 43.3 Å². The number of amides is 1. The second-order valence-corrected chi connectivity index (χ2v) is 7.75. The molecule has 0 aliphatic carbocycles. The molecule has 0 saturated carbocycles. The molecule has 1 aliphatic heterocycles. The van der Waals surface area contributed by atoms with Crippen molar-refractivity contribution >= 4 is 16.9 Å². The largest absolute Gasteiger partial charge is 0.489 e. The van der Waals surface area contributed by atoms with Crippen LogP contribution < -0.4 is 15.4 Å². The van der Waals surface area contributed by atoms with Gasteiger partial charge in [0.2, 0.25) is 0 Å². The maximum absolute atomic E-state index is 13.0. The van der Waals surface area contributed by atoms with Gasteiger partial charge in [-0.3, -0.25) is 4.79 Å². The predicted molar refractivity (Wildman–Crippen MR) is 110 cm³/mol. The monoisotopic (exact) mass is 378 g/mol. The Labute approximate surface area is 165 Å². The number of nitrogens with one attached hydrogen (secondary N) is 2. The van der Waals surface area contributed by atoms with Crippen LogP contribution in [0.2, 0.25) is 0 Å². The maximum Gasteiger partial charge on any atom is 0.287 e. The van der Waals surface area contributed by atoms with Gasteiger partial charge in [0.1, 0.15) is 17.9 Å². The summed E-state index contributed by atoms with van der Waals surface area (Å²) in [5.41, 5.74) is 1.60. The molecule has 0 spiro atoms. The standard InChI is InChI=1S/C23H26N2O3/c1-23(11-13-24-14-12-23)16-25-22(26)21-19(15-27-17-7-3-2-4-8-17)18-9-5-6-10-20(18)28-21/h2-10,24H,11-16H2,1H3,(H,25,26). The lowest BCUT2D eigenvalue weighted by molar-refractivity contribution is 0.0893. The van der Waals surface area contributed by atoms with E-state index in [9.17, 15) is 4.79 Å². The van der Waals surface area contributed by atoms with Gasteiger partial charge in [-0.25, -0.2) is 0 Å². The van der Waals surface area contributed by atoms with E-state index in [1.165, 1.54) is 0 Å². The van der Waals surface area contributed by atoms with Crippen LogP contribution in [0.4, 0.5) is 0 Å². The van der Waals surface area contributed by atoms with Crippen LogP contribution in [0, 0.1) is 5.41 Å². The minimum atomic E-state index is -0.178. The van der Waals surface area contributed by atoms with Crippen molar-refractivity contribution in [1.29, 1.82) is 0 Å². The SMILES string of the molecule is CC1(CNC(=O)c2oc3ccccc3c2COc2ccccc2)CCNCC1. The maximum atomic E-state index is 13.0. The smallest absolute Gasteiger partial charge is 0.287 e. The molecule has 0 atom stereocenters. The van der Waals surface area contributed by atoms with Gasteiger partial charge in [0, 0.05) is 17.5 Å². The third-order valence-electron chi connectivity index (χ3n) is 5.52. The van der Waals surface area contributed by atoms with Crippen molar-refractivity contribution in [2.75, 3.05) is 19.6 Å². The van der Waals surface area contributed by atoms with Crippen molar-refractivity contribution in [3.63, 3.8) is 0 Å². The Kier molecular flexibility index (Phi) is 5.35. The van der Waals surface area contributed by atoms with Crippen LogP contribution in [0.15, 0.2) is 59.0 Å². The summed E-state index contributed by atoms with van der Waals surface area (Å²) in [5, 5.41) is 7.38. The summed E-state index contributed by atoms with van der Waals surface area (Å²) in [6.07, 6.45) is 2.11. The number of benzene rings is 2. The minimum absolute atomic E-state index is 0.119. The molecule has 1 saturated heterocycles. The molecule has 1 aromatic heterocycles. The molecule has 28 heavy (non-hydrogen) atoms. The van der Waals surface area contributed by atoms with Crippen LogP contribution in [0.25, 0.3) is 11.0 Å². The zero-order valence-electron chi connectivity index (χ0n) is 16.2. The predicted octanol–water partition coefficient (Wildman–Crippen LogP) is 4.13. The third kappa shape index (κ3) is 4.04. The van der Waals surface area contributed by atoms with Crippen molar-refractivity contribution in [2.45, 2.75) is 26.4 Å². The number of fused-ring (bicyclic) bond motifs is 1. The van der Waals surface area contributed by atoms with Crippen LogP contribution in [0.5, 0.6) is 5.75 Å². The highest BCUT2D eigenvalue weighted by Gasteiger charge is 2.28. The summed E-state index contributed by atoms with van der Waals surface area (Å²) < 4.78 is 11.8. The molecule has 1 aliphatic rings. The first kappa shape index (κ1) is 18.6. The van der Waals surface area contributed by atoms with E-state index >= 15 is 0 Å². The van der Waals surface area contributed by atoms with E-state index in [4.69, 9.17) is 9.15 Å². The number of hydrogen-bond acceptors (Lipinski definition) is 4. The molecule has 3 aromatic rings. The number of piperidine rings is 1. The number of hydrogen-bond donors (Lipinski definition) is 2. The first-order valence-corrected chi connectivity index (χ1v) is 9.82. The molecule has 2 heterocycles. The number of rotatable bonds is 6. The molecular formula is C23H26N2O3. The molecule has 4 rings (SSSR count). The van der Waals surface area contributed by atoms with Crippen molar-refractivity contribution in [3.8, 4) is 5.75 Å². The lowest BCUT2D eigenvalue weighted by atomic mass is 9.81. The van der Waals surface area contributed by atoms with Gasteiger partial charge in [0.15, 0.2) is 5.76 Å². The van der Waals surface area contributed by atoms with Gasteiger partial charge in [0.05, 0.1) is 0 Å². The number of carbonyl (C=O) groups excluding carboxylic acids is 1. The molecule has 2 N–H and O–H groups in total. The molecule has 146 valence electrons. The van der Waals surface area contributed by atoms with Crippen LogP contribution in [-0.2, 0) is 6.61 Å². The number of carbonyl (C=O) groups is 1. The highest BCUT2D eigenvalue weighted by molar-refractivity contribution is 5.99. The molecule has 1 amide bonds. The molecule has 2 aromatic carbocycles. The quantitative estimate of drug-likeness (QED) is 0.677. The Morgan fingerprint density at radius 3 is 2.61 bits per heavy atom. The van der Waals surface area contributed by atoms with E-state index in [-0.39, 0.29) is 17.9 Å². The van der Waals surface area contributed by atoms with E-state index < -0.39 is 0 Å². The van der Waals surface area contributed by atoms with Gasteiger partial charge in [-0.15, -0.1) is 0 Å². The fourth-order valence-electron chi connectivity index (χ4n) is 3.68. The summed E-state index contributed by atoms with van der Waals surface area (Å²) in [7, 11) is 0.